The number of aromatic carboxylic acids is 1. The van der Waals surface area contributed by atoms with Crippen LogP contribution in [0.5, 0.6) is 0 Å². The third kappa shape index (κ3) is 3.71. The zero-order valence-electron chi connectivity index (χ0n) is 10.8. The monoisotopic (exact) mass is 262 g/mol. The van der Waals surface area contributed by atoms with Crippen LogP contribution in [0.15, 0.2) is 30.0 Å². The van der Waals surface area contributed by atoms with Crippen molar-refractivity contribution in [2.45, 2.75) is 32.2 Å². The number of carbonyl (C=O) groups excluding carboxylic acids is 1. The van der Waals surface area contributed by atoms with Crippen molar-refractivity contribution in [2.24, 2.45) is 0 Å². The van der Waals surface area contributed by atoms with Gasteiger partial charge >= 0.3 is 5.97 Å². The quantitative estimate of drug-likeness (QED) is 0.768. The van der Waals surface area contributed by atoms with Crippen LogP contribution < -0.4 is 5.32 Å². The minimum Gasteiger partial charge on any atom is -0.477 e. The van der Waals surface area contributed by atoms with Gasteiger partial charge in [0, 0.05) is 12.7 Å². The summed E-state index contributed by atoms with van der Waals surface area (Å²) in [6, 6.07) is 3.11. The molecule has 0 saturated carbocycles. The number of carboxylic acid groups (broad SMARTS) is 1. The summed E-state index contributed by atoms with van der Waals surface area (Å²) in [7, 11) is 0. The smallest absolute Gasteiger partial charge is 0.352 e. The number of amides is 1. The van der Waals surface area contributed by atoms with Gasteiger partial charge in [-0.25, -0.2) is 4.79 Å². The molecule has 0 fully saturated rings. The van der Waals surface area contributed by atoms with E-state index in [-0.39, 0.29) is 18.1 Å². The number of hydrogen-bond donors (Lipinski definition) is 2. The van der Waals surface area contributed by atoms with Gasteiger partial charge < -0.3 is 15.0 Å². The van der Waals surface area contributed by atoms with Gasteiger partial charge in [-0.1, -0.05) is 11.6 Å². The van der Waals surface area contributed by atoms with Crippen molar-refractivity contribution in [1.29, 1.82) is 0 Å². The molecule has 102 valence electrons. The zero-order valence-corrected chi connectivity index (χ0v) is 10.8. The second-order valence-corrected chi connectivity index (χ2v) is 4.68. The molecule has 1 heterocycles. The summed E-state index contributed by atoms with van der Waals surface area (Å²) in [6.07, 6.45) is 8.23. The summed E-state index contributed by atoms with van der Waals surface area (Å²) in [6.45, 7) is 0.669. The fraction of sp³-hybridized carbons (Fsp3) is 0.429. The number of allylic oxidation sites excluding steroid dienone is 1. The van der Waals surface area contributed by atoms with Gasteiger partial charge in [0.25, 0.3) is 0 Å². The van der Waals surface area contributed by atoms with Crippen LogP contribution in [0.25, 0.3) is 0 Å². The Bertz CT molecular complexity index is 503. The van der Waals surface area contributed by atoms with Gasteiger partial charge in [0.2, 0.25) is 5.91 Å². The lowest BCUT2D eigenvalue weighted by atomic mass is 10.2. The van der Waals surface area contributed by atoms with Crippen molar-refractivity contribution < 1.29 is 14.7 Å². The van der Waals surface area contributed by atoms with Crippen LogP contribution in [0.3, 0.4) is 0 Å². The van der Waals surface area contributed by atoms with Crippen molar-refractivity contribution in [3.05, 3.63) is 35.7 Å². The molecule has 1 aromatic rings. The van der Waals surface area contributed by atoms with Crippen molar-refractivity contribution in [3.8, 4) is 0 Å². The molecule has 0 unspecified atom stereocenters. The zero-order chi connectivity index (χ0) is 13.7. The lowest BCUT2D eigenvalue weighted by Gasteiger charge is -2.08. The molecule has 0 aliphatic heterocycles. The van der Waals surface area contributed by atoms with Crippen molar-refractivity contribution >= 4 is 11.9 Å². The van der Waals surface area contributed by atoms with E-state index in [9.17, 15) is 9.59 Å². The Kier molecular flexibility index (Phi) is 4.39. The SMILES string of the molecule is O=C(Cn1cccc1C(=O)O)NCCC1=CCCC1. The van der Waals surface area contributed by atoms with Gasteiger partial charge in [-0.05, 0) is 37.8 Å². The van der Waals surface area contributed by atoms with Gasteiger partial charge in [-0.3, -0.25) is 4.79 Å². The van der Waals surface area contributed by atoms with Crippen LogP contribution in [0.2, 0.25) is 0 Å². The van der Waals surface area contributed by atoms with Gasteiger partial charge in [0.05, 0.1) is 0 Å². The third-order valence-electron chi connectivity index (χ3n) is 3.27. The number of nitrogens with one attached hydrogen (secondary N) is 1. The third-order valence-corrected chi connectivity index (χ3v) is 3.27. The lowest BCUT2D eigenvalue weighted by molar-refractivity contribution is -0.121. The molecule has 0 atom stereocenters. The number of carboxylic acids is 1. The van der Waals surface area contributed by atoms with Crippen LogP contribution in [0, 0.1) is 0 Å². The van der Waals surface area contributed by atoms with Crippen LogP contribution in [-0.2, 0) is 11.3 Å². The Morgan fingerprint density at radius 3 is 2.95 bits per heavy atom. The summed E-state index contributed by atoms with van der Waals surface area (Å²) in [5, 5.41) is 11.7. The van der Waals surface area contributed by atoms with Crippen molar-refractivity contribution in [2.75, 3.05) is 6.54 Å². The Morgan fingerprint density at radius 2 is 2.26 bits per heavy atom. The average Bonchev–Trinajstić information content (AvgIpc) is 2.99. The van der Waals surface area contributed by atoms with Crippen molar-refractivity contribution in [1.82, 2.24) is 9.88 Å². The van der Waals surface area contributed by atoms with Crippen LogP contribution in [-0.4, -0.2) is 28.1 Å². The fourth-order valence-corrected chi connectivity index (χ4v) is 2.28. The summed E-state index contributed by atoms with van der Waals surface area (Å²) >= 11 is 0. The maximum Gasteiger partial charge on any atom is 0.352 e. The summed E-state index contributed by atoms with van der Waals surface area (Å²) in [4.78, 5) is 22.6. The first-order valence-electron chi connectivity index (χ1n) is 6.50. The molecule has 1 aliphatic carbocycles. The van der Waals surface area contributed by atoms with E-state index < -0.39 is 5.97 Å². The number of aromatic nitrogens is 1. The molecule has 19 heavy (non-hydrogen) atoms. The molecule has 1 aliphatic rings. The first-order valence-corrected chi connectivity index (χ1v) is 6.50. The lowest BCUT2D eigenvalue weighted by Crippen LogP contribution is -2.29. The normalized spacial score (nSPS) is 14.2. The maximum atomic E-state index is 11.7. The number of rotatable bonds is 6. The van der Waals surface area contributed by atoms with Crippen molar-refractivity contribution in [3.63, 3.8) is 0 Å². The molecule has 2 rings (SSSR count). The summed E-state index contributed by atoms with van der Waals surface area (Å²) < 4.78 is 1.44. The van der Waals surface area contributed by atoms with Gasteiger partial charge in [0.15, 0.2) is 0 Å². The highest BCUT2D eigenvalue weighted by atomic mass is 16.4. The minimum absolute atomic E-state index is 0.0493. The minimum atomic E-state index is -1.02. The van der Waals surface area contributed by atoms with Gasteiger partial charge in [0.1, 0.15) is 12.2 Å². The molecule has 0 aromatic carbocycles. The Labute approximate surface area is 111 Å². The predicted octanol–water partition coefficient (Wildman–Crippen LogP) is 1.80. The van der Waals surface area contributed by atoms with Crippen LogP contribution >= 0.6 is 0 Å². The molecular weight excluding hydrogens is 244 g/mol. The number of hydrogen-bond acceptors (Lipinski definition) is 2. The van der Waals surface area contributed by atoms with E-state index in [4.69, 9.17) is 5.11 Å². The number of nitrogens with zero attached hydrogens (tertiary/aromatic N) is 1. The molecule has 0 saturated heterocycles. The Hall–Kier alpha value is -2.04. The first kappa shape index (κ1) is 13.4. The molecule has 1 amide bonds. The highest BCUT2D eigenvalue weighted by molar-refractivity contribution is 5.86. The molecule has 1 aromatic heterocycles. The summed E-state index contributed by atoms with van der Waals surface area (Å²) in [5.74, 6) is -1.17. The fourth-order valence-electron chi connectivity index (χ4n) is 2.28. The first-order chi connectivity index (χ1) is 9.16. The second-order valence-electron chi connectivity index (χ2n) is 4.68. The predicted molar refractivity (Wildman–Crippen MR) is 71.0 cm³/mol. The molecule has 0 bridgehead atoms. The van der Waals surface area contributed by atoms with Gasteiger partial charge in [-0.15, -0.1) is 0 Å². The van der Waals surface area contributed by atoms with E-state index in [1.54, 1.807) is 12.3 Å². The van der Waals surface area contributed by atoms with E-state index >= 15 is 0 Å². The maximum absolute atomic E-state index is 11.7. The molecule has 5 heteroatoms. The Morgan fingerprint density at radius 1 is 1.42 bits per heavy atom. The number of carbonyl (C=O) groups is 2. The average molecular weight is 262 g/mol. The summed E-state index contributed by atoms with van der Waals surface area (Å²) in [5.41, 5.74) is 1.54. The highest BCUT2D eigenvalue weighted by Gasteiger charge is 2.11. The molecule has 0 spiro atoms. The molecule has 5 nitrogen and oxygen atoms in total. The van der Waals surface area contributed by atoms with E-state index in [0.717, 1.165) is 19.3 Å². The molecule has 0 radical (unpaired) electrons. The van der Waals surface area contributed by atoms with Crippen LogP contribution in [0.1, 0.15) is 36.2 Å². The molecule has 2 N–H and O–H groups in total. The largest absolute Gasteiger partial charge is 0.477 e. The Balaban J connectivity index is 1.77. The topological polar surface area (TPSA) is 71.3 Å². The standard InChI is InChI=1S/C14H18N2O3/c17-13(15-8-7-11-4-1-2-5-11)10-16-9-3-6-12(16)14(18)19/h3-4,6,9H,1-2,5,7-8,10H2,(H,15,17)(H,18,19). The van der Waals surface area contributed by atoms with E-state index in [1.807, 2.05) is 0 Å². The highest BCUT2D eigenvalue weighted by Crippen LogP contribution is 2.19. The van der Waals surface area contributed by atoms with Crippen LogP contribution in [0.4, 0.5) is 0 Å². The van der Waals surface area contributed by atoms with Gasteiger partial charge in [-0.2, -0.15) is 0 Å². The van der Waals surface area contributed by atoms with E-state index in [0.29, 0.717) is 6.54 Å². The second kappa shape index (κ2) is 6.22. The van der Waals surface area contributed by atoms with E-state index in [2.05, 4.69) is 11.4 Å². The molecular formula is C14H18N2O3. The van der Waals surface area contributed by atoms with E-state index in [1.165, 1.54) is 22.6 Å².